The SMILES string of the molecule is CO[C@@H]1CCC[C@H]1Sc1nnc(-c2c[nH]c3ccccc23)o1. The predicted molar refractivity (Wildman–Crippen MR) is 85.9 cm³/mol. The van der Waals surface area contributed by atoms with E-state index >= 15 is 0 Å². The number of hydrogen-bond donors (Lipinski definition) is 1. The number of rotatable bonds is 4. The monoisotopic (exact) mass is 315 g/mol. The number of aromatic amines is 1. The molecule has 0 bridgehead atoms. The Hall–Kier alpha value is -1.79. The van der Waals surface area contributed by atoms with Gasteiger partial charge in [0, 0.05) is 29.5 Å². The number of nitrogens with one attached hydrogen (secondary N) is 1. The fraction of sp³-hybridized carbons (Fsp3) is 0.375. The molecule has 0 radical (unpaired) electrons. The number of aromatic nitrogens is 3. The lowest BCUT2D eigenvalue weighted by molar-refractivity contribution is 0.113. The van der Waals surface area contributed by atoms with Crippen LogP contribution in [0.4, 0.5) is 0 Å². The first-order valence-electron chi connectivity index (χ1n) is 7.44. The van der Waals surface area contributed by atoms with Crippen molar-refractivity contribution in [3.05, 3.63) is 30.5 Å². The van der Waals surface area contributed by atoms with Crippen molar-refractivity contribution in [1.29, 1.82) is 0 Å². The molecule has 0 amide bonds. The highest BCUT2D eigenvalue weighted by Gasteiger charge is 2.30. The Morgan fingerprint density at radius 3 is 3.09 bits per heavy atom. The molecule has 1 aromatic carbocycles. The average Bonchev–Trinajstić information content (AvgIpc) is 3.26. The van der Waals surface area contributed by atoms with E-state index in [1.807, 2.05) is 24.4 Å². The van der Waals surface area contributed by atoms with Crippen LogP contribution in [-0.4, -0.2) is 33.6 Å². The van der Waals surface area contributed by atoms with Crippen LogP contribution in [0.1, 0.15) is 19.3 Å². The predicted octanol–water partition coefficient (Wildman–Crippen LogP) is 3.88. The molecule has 0 saturated heterocycles. The van der Waals surface area contributed by atoms with Gasteiger partial charge in [0.1, 0.15) is 0 Å². The van der Waals surface area contributed by atoms with E-state index in [1.54, 1.807) is 18.9 Å². The minimum atomic E-state index is 0.286. The molecular formula is C16H17N3O2S. The molecule has 1 fully saturated rings. The van der Waals surface area contributed by atoms with Crippen LogP contribution < -0.4 is 0 Å². The molecule has 1 N–H and O–H groups in total. The van der Waals surface area contributed by atoms with Crippen molar-refractivity contribution in [2.75, 3.05) is 7.11 Å². The van der Waals surface area contributed by atoms with Gasteiger partial charge in [-0.15, -0.1) is 10.2 Å². The number of fused-ring (bicyclic) bond motifs is 1. The second kappa shape index (κ2) is 5.78. The van der Waals surface area contributed by atoms with E-state index in [0.717, 1.165) is 29.3 Å². The van der Waals surface area contributed by atoms with E-state index in [2.05, 4.69) is 21.2 Å². The summed E-state index contributed by atoms with van der Waals surface area (Å²) >= 11 is 1.63. The Morgan fingerprint density at radius 2 is 2.18 bits per heavy atom. The van der Waals surface area contributed by atoms with E-state index in [9.17, 15) is 0 Å². The molecule has 0 aliphatic heterocycles. The normalized spacial score (nSPS) is 21.7. The number of ether oxygens (including phenoxy) is 1. The molecule has 2 heterocycles. The summed E-state index contributed by atoms with van der Waals surface area (Å²) in [7, 11) is 1.77. The Kier molecular flexibility index (Phi) is 3.63. The van der Waals surface area contributed by atoms with Crippen molar-refractivity contribution in [3.63, 3.8) is 0 Å². The van der Waals surface area contributed by atoms with Crippen LogP contribution in [0.3, 0.4) is 0 Å². The third kappa shape index (κ3) is 2.42. The highest BCUT2D eigenvalue weighted by molar-refractivity contribution is 7.99. The largest absolute Gasteiger partial charge is 0.411 e. The highest BCUT2D eigenvalue weighted by atomic mass is 32.2. The number of thioether (sulfide) groups is 1. The molecule has 1 aliphatic carbocycles. The number of H-pyrrole nitrogens is 1. The van der Waals surface area contributed by atoms with Crippen LogP contribution in [0.2, 0.25) is 0 Å². The van der Waals surface area contributed by atoms with Crippen molar-refractivity contribution in [2.45, 2.75) is 35.8 Å². The number of hydrogen-bond acceptors (Lipinski definition) is 5. The molecule has 1 aliphatic rings. The fourth-order valence-electron chi connectivity index (χ4n) is 3.04. The second-order valence-corrected chi connectivity index (χ2v) is 6.67. The zero-order valence-corrected chi connectivity index (χ0v) is 13.1. The highest BCUT2D eigenvalue weighted by Crippen LogP contribution is 2.37. The molecule has 5 nitrogen and oxygen atoms in total. The topological polar surface area (TPSA) is 63.9 Å². The number of nitrogens with zero attached hydrogens (tertiary/aromatic N) is 2. The molecule has 6 heteroatoms. The van der Waals surface area contributed by atoms with Crippen LogP contribution in [-0.2, 0) is 4.74 Å². The molecular weight excluding hydrogens is 298 g/mol. The zero-order chi connectivity index (χ0) is 14.9. The van der Waals surface area contributed by atoms with Gasteiger partial charge in [-0.2, -0.15) is 0 Å². The van der Waals surface area contributed by atoms with Gasteiger partial charge in [-0.25, -0.2) is 0 Å². The maximum Gasteiger partial charge on any atom is 0.277 e. The Labute approximate surface area is 132 Å². The average molecular weight is 315 g/mol. The van der Waals surface area contributed by atoms with Crippen molar-refractivity contribution >= 4 is 22.7 Å². The van der Waals surface area contributed by atoms with Gasteiger partial charge in [0.25, 0.3) is 11.1 Å². The molecule has 1 saturated carbocycles. The minimum absolute atomic E-state index is 0.286. The second-order valence-electron chi connectivity index (χ2n) is 5.48. The summed E-state index contributed by atoms with van der Waals surface area (Å²) in [4.78, 5) is 3.23. The lowest BCUT2D eigenvalue weighted by atomic mass is 10.2. The third-order valence-corrected chi connectivity index (χ3v) is 5.38. The smallest absolute Gasteiger partial charge is 0.277 e. The standard InChI is InChI=1S/C16H17N3O2S/c1-20-13-7-4-8-14(13)22-16-19-18-15(21-16)11-9-17-12-6-3-2-5-10(11)12/h2-3,5-6,9,13-14,17H,4,7-8H2,1H3/t13-,14-/m1/s1. The van der Waals surface area contributed by atoms with Crippen LogP contribution in [0, 0.1) is 0 Å². The number of para-hydroxylation sites is 1. The van der Waals surface area contributed by atoms with Gasteiger partial charge in [0.05, 0.1) is 11.7 Å². The Morgan fingerprint density at radius 1 is 1.27 bits per heavy atom. The maximum atomic E-state index is 5.86. The summed E-state index contributed by atoms with van der Waals surface area (Å²) in [6.07, 6.45) is 5.64. The minimum Gasteiger partial charge on any atom is -0.411 e. The van der Waals surface area contributed by atoms with Crippen LogP contribution in [0.5, 0.6) is 0 Å². The summed E-state index contributed by atoms with van der Waals surface area (Å²) in [5.41, 5.74) is 2.02. The van der Waals surface area contributed by atoms with Gasteiger partial charge in [0.15, 0.2) is 0 Å². The molecule has 4 rings (SSSR count). The Bertz CT molecular complexity index is 782. The van der Waals surface area contributed by atoms with Gasteiger partial charge in [-0.3, -0.25) is 0 Å². The van der Waals surface area contributed by atoms with Crippen LogP contribution in [0.25, 0.3) is 22.4 Å². The zero-order valence-electron chi connectivity index (χ0n) is 12.3. The molecule has 2 aromatic heterocycles. The van der Waals surface area contributed by atoms with E-state index < -0.39 is 0 Å². The van der Waals surface area contributed by atoms with Gasteiger partial charge >= 0.3 is 0 Å². The van der Waals surface area contributed by atoms with Crippen LogP contribution in [0.15, 0.2) is 40.1 Å². The maximum absolute atomic E-state index is 5.86. The summed E-state index contributed by atoms with van der Waals surface area (Å²) in [6, 6.07) is 8.10. The van der Waals surface area contributed by atoms with E-state index in [0.29, 0.717) is 16.4 Å². The Balaban J connectivity index is 1.59. The first-order chi connectivity index (χ1) is 10.8. The van der Waals surface area contributed by atoms with Gasteiger partial charge in [-0.05, 0) is 25.3 Å². The molecule has 114 valence electrons. The third-order valence-electron chi connectivity index (χ3n) is 4.17. The van der Waals surface area contributed by atoms with Crippen molar-refractivity contribution < 1.29 is 9.15 Å². The molecule has 0 unspecified atom stereocenters. The van der Waals surface area contributed by atoms with Gasteiger partial charge < -0.3 is 14.1 Å². The number of benzene rings is 1. The quantitative estimate of drug-likeness (QED) is 0.791. The number of methoxy groups -OCH3 is 1. The lowest BCUT2D eigenvalue weighted by Crippen LogP contribution is -2.18. The fourth-order valence-corrected chi connectivity index (χ4v) is 4.20. The summed E-state index contributed by atoms with van der Waals surface area (Å²) in [5, 5.41) is 10.5. The summed E-state index contributed by atoms with van der Waals surface area (Å²) < 4.78 is 11.4. The van der Waals surface area contributed by atoms with Crippen LogP contribution >= 0.6 is 11.8 Å². The van der Waals surface area contributed by atoms with Gasteiger partial charge in [0.2, 0.25) is 0 Å². The first kappa shape index (κ1) is 13.8. The summed E-state index contributed by atoms with van der Waals surface area (Å²) in [6.45, 7) is 0. The molecule has 2 atom stereocenters. The summed E-state index contributed by atoms with van der Waals surface area (Å²) in [5.74, 6) is 0.562. The van der Waals surface area contributed by atoms with Crippen molar-refractivity contribution in [2.24, 2.45) is 0 Å². The van der Waals surface area contributed by atoms with Crippen molar-refractivity contribution in [1.82, 2.24) is 15.2 Å². The van der Waals surface area contributed by atoms with E-state index in [-0.39, 0.29) is 6.10 Å². The van der Waals surface area contributed by atoms with E-state index in [4.69, 9.17) is 9.15 Å². The molecule has 3 aromatic rings. The van der Waals surface area contributed by atoms with E-state index in [1.165, 1.54) is 6.42 Å². The molecule has 0 spiro atoms. The first-order valence-corrected chi connectivity index (χ1v) is 8.32. The van der Waals surface area contributed by atoms with Crippen molar-refractivity contribution in [3.8, 4) is 11.5 Å². The molecule has 22 heavy (non-hydrogen) atoms. The lowest BCUT2D eigenvalue weighted by Gasteiger charge is -2.14. The van der Waals surface area contributed by atoms with Gasteiger partial charge in [-0.1, -0.05) is 30.0 Å².